The molecule has 100 valence electrons. The van der Waals surface area contributed by atoms with Crippen LogP contribution in [0.15, 0.2) is 12.3 Å². The number of aliphatic carboxylic acids is 1. The maximum Gasteiger partial charge on any atom is 0.326 e. The van der Waals surface area contributed by atoms with Crippen LogP contribution in [-0.4, -0.2) is 27.3 Å². The van der Waals surface area contributed by atoms with E-state index in [2.05, 4.69) is 15.5 Å². The topological polar surface area (TPSA) is 98.9 Å². The van der Waals surface area contributed by atoms with Crippen LogP contribution in [0.25, 0.3) is 0 Å². The second-order valence-electron chi connectivity index (χ2n) is 4.76. The highest BCUT2D eigenvalue weighted by molar-refractivity contribution is 5.78. The van der Waals surface area contributed by atoms with Crippen molar-refractivity contribution in [1.82, 2.24) is 10.2 Å². The standard InChI is InChI=1S/C13H16N4O2/c14-8-10-6-7-15-17-12(10)16-11(13(18)19)9-4-2-1-3-5-9/h6-7,9,11H,1-5H2,(H,16,17)(H,18,19). The van der Waals surface area contributed by atoms with E-state index in [-0.39, 0.29) is 11.7 Å². The average molecular weight is 260 g/mol. The quantitative estimate of drug-likeness (QED) is 0.856. The first-order valence-electron chi connectivity index (χ1n) is 6.43. The van der Waals surface area contributed by atoms with Gasteiger partial charge in [0.15, 0.2) is 5.82 Å². The molecule has 2 N–H and O–H groups in total. The van der Waals surface area contributed by atoms with Gasteiger partial charge >= 0.3 is 5.97 Å². The van der Waals surface area contributed by atoms with Crippen molar-refractivity contribution in [2.45, 2.75) is 38.1 Å². The Morgan fingerprint density at radius 3 is 2.84 bits per heavy atom. The Bertz CT molecular complexity index is 492. The first-order valence-corrected chi connectivity index (χ1v) is 6.43. The highest BCUT2D eigenvalue weighted by Crippen LogP contribution is 2.28. The van der Waals surface area contributed by atoms with Crippen LogP contribution >= 0.6 is 0 Å². The fourth-order valence-electron chi connectivity index (χ4n) is 2.52. The van der Waals surface area contributed by atoms with Crippen LogP contribution in [0, 0.1) is 17.2 Å². The minimum Gasteiger partial charge on any atom is -0.480 e. The van der Waals surface area contributed by atoms with Gasteiger partial charge in [-0.3, -0.25) is 0 Å². The van der Waals surface area contributed by atoms with Gasteiger partial charge in [-0.15, -0.1) is 5.10 Å². The lowest BCUT2D eigenvalue weighted by Gasteiger charge is -2.28. The number of hydrogen-bond acceptors (Lipinski definition) is 5. The Kier molecular flexibility index (Phi) is 4.29. The number of carboxylic acid groups (broad SMARTS) is 1. The van der Waals surface area contributed by atoms with Gasteiger partial charge in [-0.1, -0.05) is 19.3 Å². The molecule has 1 fully saturated rings. The SMILES string of the molecule is N#Cc1ccnnc1NC(C(=O)O)C1CCCCC1. The number of nitrogens with one attached hydrogen (secondary N) is 1. The summed E-state index contributed by atoms with van der Waals surface area (Å²) in [4.78, 5) is 11.4. The fourth-order valence-corrected chi connectivity index (χ4v) is 2.52. The van der Waals surface area contributed by atoms with E-state index in [0.29, 0.717) is 5.56 Å². The zero-order valence-corrected chi connectivity index (χ0v) is 10.5. The van der Waals surface area contributed by atoms with Gasteiger partial charge in [0.2, 0.25) is 0 Å². The molecule has 6 heteroatoms. The summed E-state index contributed by atoms with van der Waals surface area (Å²) in [5.41, 5.74) is 0.317. The lowest BCUT2D eigenvalue weighted by molar-refractivity contribution is -0.139. The van der Waals surface area contributed by atoms with Crippen LogP contribution in [0.1, 0.15) is 37.7 Å². The van der Waals surface area contributed by atoms with Crippen LogP contribution in [-0.2, 0) is 4.79 Å². The molecule has 1 unspecified atom stereocenters. The number of rotatable bonds is 4. The van der Waals surface area contributed by atoms with E-state index in [0.717, 1.165) is 32.1 Å². The van der Waals surface area contributed by atoms with Gasteiger partial charge in [-0.25, -0.2) is 4.79 Å². The second-order valence-corrected chi connectivity index (χ2v) is 4.76. The van der Waals surface area contributed by atoms with Crippen molar-refractivity contribution in [2.75, 3.05) is 5.32 Å². The average Bonchev–Trinajstić information content (AvgIpc) is 2.45. The fraction of sp³-hybridized carbons (Fsp3) is 0.538. The minimum absolute atomic E-state index is 0.0831. The van der Waals surface area contributed by atoms with E-state index >= 15 is 0 Å². The Morgan fingerprint density at radius 2 is 2.21 bits per heavy atom. The molecule has 2 rings (SSSR count). The molecule has 0 bridgehead atoms. The van der Waals surface area contributed by atoms with Gasteiger partial charge in [0, 0.05) is 0 Å². The van der Waals surface area contributed by atoms with E-state index in [1.54, 1.807) is 0 Å². The highest BCUT2D eigenvalue weighted by atomic mass is 16.4. The summed E-state index contributed by atoms with van der Waals surface area (Å²) in [6.07, 6.45) is 6.49. The molecular weight excluding hydrogens is 244 g/mol. The summed E-state index contributed by atoms with van der Waals surface area (Å²) < 4.78 is 0. The normalized spacial score (nSPS) is 17.4. The molecule has 1 aromatic rings. The van der Waals surface area contributed by atoms with E-state index in [1.807, 2.05) is 6.07 Å². The molecule has 0 radical (unpaired) electrons. The van der Waals surface area contributed by atoms with Crippen molar-refractivity contribution < 1.29 is 9.90 Å². The summed E-state index contributed by atoms with van der Waals surface area (Å²) in [7, 11) is 0. The molecule has 0 saturated heterocycles. The second kappa shape index (κ2) is 6.14. The largest absolute Gasteiger partial charge is 0.480 e. The number of nitrogens with zero attached hydrogens (tertiary/aromatic N) is 3. The Morgan fingerprint density at radius 1 is 1.47 bits per heavy atom. The molecule has 1 aliphatic carbocycles. The van der Waals surface area contributed by atoms with Gasteiger partial charge in [-0.2, -0.15) is 10.4 Å². The molecule has 0 aromatic carbocycles. The zero-order chi connectivity index (χ0) is 13.7. The maximum absolute atomic E-state index is 11.4. The number of carboxylic acids is 1. The Labute approximate surface area is 111 Å². The van der Waals surface area contributed by atoms with Crippen molar-refractivity contribution in [2.24, 2.45) is 5.92 Å². The Balaban J connectivity index is 2.16. The first kappa shape index (κ1) is 13.3. The number of anilines is 1. The summed E-state index contributed by atoms with van der Waals surface area (Å²) >= 11 is 0. The molecule has 1 atom stereocenters. The lowest BCUT2D eigenvalue weighted by atomic mass is 9.84. The number of hydrogen-bond donors (Lipinski definition) is 2. The number of aromatic nitrogens is 2. The third kappa shape index (κ3) is 3.19. The third-order valence-corrected chi connectivity index (χ3v) is 3.52. The maximum atomic E-state index is 11.4. The molecule has 1 saturated carbocycles. The van der Waals surface area contributed by atoms with Crippen LogP contribution in [0.4, 0.5) is 5.82 Å². The van der Waals surface area contributed by atoms with Gasteiger partial charge in [-0.05, 0) is 24.8 Å². The predicted molar refractivity (Wildman–Crippen MR) is 68.4 cm³/mol. The molecule has 0 spiro atoms. The summed E-state index contributed by atoms with van der Waals surface area (Å²) in [5, 5.41) is 28.7. The zero-order valence-electron chi connectivity index (χ0n) is 10.5. The van der Waals surface area contributed by atoms with Gasteiger partial charge in [0.1, 0.15) is 12.1 Å². The lowest BCUT2D eigenvalue weighted by Crippen LogP contribution is -2.38. The van der Waals surface area contributed by atoms with Crippen LogP contribution < -0.4 is 5.32 Å². The van der Waals surface area contributed by atoms with E-state index in [4.69, 9.17) is 5.26 Å². The van der Waals surface area contributed by atoms with Crippen molar-refractivity contribution in [1.29, 1.82) is 5.26 Å². The number of nitriles is 1. The monoisotopic (exact) mass is 260 g/mol. The molecule has 1 heterocycles. The van der Waals surface area contributed by atoms with Gasteiger partial charge in [0.25, 0.3) is 0 Å². The van der Waals surface area contributed by atoms with Crippen molar-refractivity contribution in [3.63, 3.8) is 0 Å². The minimum atomic E-state index is -0.901. The molecule has 0 aliphatic heterocycles. The predicted octanol–water partition coefficient (Wildman–Crippen LogP) is 1.79. The van der Waals surface area contributed by atoms with E-state index in [1.165, 1.54) is 12.3 Å². The first-order chi connectivity index (χ1) is 9.22. The van der Waals surface area contributed by atoms with Gasteiger partial charge < -0.3 is 10.4 Å². The van der Waals surface area contributed by atoms with Crippen molar-refractivity contribution in [3.8, 4) is 6.07 Å². The smallest absolute Gasteiger partial charge is 0.326 e. The third-order valence-electron chi connectivity index (χ3n) is 3.52. The molecule has 19 heavy (non-hydrogen) atoms. The van der Waals surface area contributed by atoms with Crippen molar-refractivity contribution in [3.05, 3.63) is 17.8 Å². The van der Waals surface area contributed by atoms with Crippen LogP contribution in [0.3, 0.4) is 0 Å². The summed E-state index contributed by atoms with van der Waals surface area (Å²) in [5.74, 6) is -0.566. The van der Waals surface area contributed by atoms with E-state index in [9.17, 15) is 9.90 Å². The van der Waals surface area contributed by atoms with Crippen LogP contribution in [0.5, 0.6) is 0 Å². The Hall–Kier alpha value is -2.16. The molecule has 1 aliphatic rings. The molecule has 6 nitrogen and oxygen atoms in total. The van der Waals surface area contributed by atoms with Crippen molar-refractivity contribution >= 4 is 11.8 Å². The van der Waals surface area contributed by atoms with Crippen LogP contribution in [0.2, 0.25) is 0 Å². The molecule has 0 amide bonds. The van der Waals surface area contributed by atoms with Gasteiger partial charge in [0.05, 0.1) is 11.8 Å². The van der Waals surface area contributed by atoms with E-state index < -0.39 is 12.0 Å². The summed E-state index contributed by atoms with van der Waals surface area (Å²) in [6.45, 7) is 0. The summed E-state index contributed by atoms with van der Waals surface area (Å²) in [6, 6.07) is 2.80. The highest BCUT2D eigenvalue weighted by Gasteiger charge is 2.30. The molecule has 1 aromatic heterocycles. The molecular formula is C13H16N4O2. The number of carbonyl (C=O) groups is 1.